The van der Waals surface area contributed by atoms with Gasteiger partial charge in [0.25, 0.3) is 6.33 Å². The summed E-state index contributed by atoms with van der Waals surface area (Å²) in [6, 6.07) is 0. The van der Waals surface area contributed by atoms with Gasteiger partial charge in [0.15, 0.2) is 0 Å². The minimum absolute atomic E-state index is 0.443. The summed E-state index contributed by atoms with van der Waals surface area (Å²) in [6.45, 7) is 1.07. The summed E-state index contributed by atoms with van der Waals surface area (Å²) in [4.78, 5) is 10.9. The van der Waals surface area contributed by atoms with Crippen LogP contribution in [0, 0.1) is 15.3 Å². The molecule has 1 heterocycles. The fourth-order valence-electron chi connectivity index (χ4n) is 0.725. The van der Waals surface area contributed by atoms with E-state index in [9.17, 15) is 0 Å². The van der Waals surface area contributed by atoms with E-state index in [1.807, 2.05) is 17.9 Å². The van der Waals surface area contributed by atoms with Crippen LogP contribution in [-0.4, -0.2) is 21.4 Å². The normalized spacial score (nSPS) is 8.33. The number of rotatable bonds is 3. The first-order valence-electron chi connectivity index (χ1n) is 3.76. The van der Waals surface area contributed by atoms with Crippen LogP contribution in [0.15, 0.2) is 17.8 Å². The summed E-state index contributed by atoms with van der Waals surface area (Å²) in [5, 5.41) is 22.1. The molecule has 0 bridgehead atoms. The summed E-state index contributed by atoms with van der Waals surface area (Å²) in [6.07, 6.45) is 3.52. The van der Waals surface area contributed by atoms with Crippen molar-refractivity contribution < 1.29 is 9.65 Å². The lowest BCUT2D eigenvalue weighted by Crippen LogP contribution is -2.23. The van der Waals surface area contributed by atoms with E-state index in [4.69, 9.17) is 20.9 Å². The van der Waals surface area contributed by atoms with E-state index in [2.05, 4.69) is 15.1 Å². The van der Waals surface area contributed by atoms with Crippen LogP contribution in [0.3, 0.4) is 0 Å². The predicted octanol–water partition coefficient (Wildman–Crippen LogP) is -0.221. The van der Waals surface area contributed by atoms with Gasteiger partial charge in [-0.3, -0.25) is 0 Å². The lowest BCUT2D eigenvalue weighted by molar-refractivity contribution is -0.672. The summed E-state index contributed by atoms with van der Waals surface area (Å²) in [5.41, 5.74) is 7.97. The molecule has 0 aliphatic carbocycles. The van der Waals surface area contributed by atoms with Gasteiger partial charge in [0.1, 0.15) is 6.54 Å². The van der Waals surface area contributed by atoms with Gasteiger partial charge in [-0.25, -0.2) is 4.57 Å². The number of hydrogen-bond donors (Lipinski definition) is 0. The molecule has 10 nitrogen and oxygen atoms in total. The average molecular weight is 215 g/mol. The van der Waals surface area contributed by atoms with Gasteiger partial charge >= 0.3 is 0 Å². The van der Waals surface area contributed by atoms with Crippen molar-refractivity contribution in [2.24, 2.45) is 12.2 Å². The molecule has 0 amide bonds. The molecule has 0 atom stereocenters. The molecule has 15 heavy (non-hydrogen) atoms. The van der Waals surface area contributed by atoms with E-state index in [0.29, 0.717) is 13.1 Å². The van der Waals surface area contributed by atoms with Crippen LogP contribution >= 0.6 is 0 Å². The molecule has 0 radical (unpaired) electrons. The molecular weight excluding hydrogens is 206 g/mol. The Kier molecular flexibility index (Phi) is 5.98. The lowest BCUT2D eigenvalue weighted by atomic mass is 10.7. The zero-order chi connectivity index (χ0) is 11.7. The molecule has 82 valence electrons. The van der Waals surface area contributed by atoms with Gasteiger partial charge in [-0.15, -0.1) is 4.68 Å². The first-order chi connectivity index (χ1) is 7.06. The van der Waals surface area contributed by atoms with Crippen LogP contribution in [0.1, 0.15) is 0 Å². The molecule has 10 heteroatoms. The van der Waals surface area contributed by atoms with Gasteiger partial charge in [-0.2, -0.15) is 0 Å². The number of aromatic nitrogens is 3. The molecule has 0 unspecified atom stereocenters. The van der Waals surface area contributed by atoms with Crippen LogP contribution in [0.4, 0.5) is 0 Å². The topological polar surface area (TPSA) is 137 Å². The van der Waals surface area contributed by atoms with Crippen molar-refractivity contribution in [2.45, 2.75) is 6.54 Å². The van der Waals surface area contributed by atoms with Crippen LogP contribution in [0.5, 0.6) is 0 Å². The van der Waals surface area contributed by atoms with Gasteiger partial charge in [0.2, 0.25) is 6.33 Å². The highest BCUT2D eigenvalue weighted by molar-refractivity contribution is 4.49. The first-order valence-corrected chi connectivity index (χ1v) is 3.76. The van der Waals surface area contributed by atoms with Gasteiger partial charge in [0.05, 0.1) is 18.7 Å². The molecular formula is C5H9N7O3. The summed E-state index contributed by atoms with van der Waals surface area (Å²) < 4.78 is 3.55. The molecule has 0 aromatic carbocycles. The lowest BCUT2D eigenvalue weighted by Gasteiger charge is -1.84. The molecule has 1 aromatic rings. The van der Waals surface area contributed by atoms with Crippen LogP contribution in [-0.2, 0) is 13.6 Å². The Morgan fingerprint density at radius 1 is 1.73 bits per heavy atom. The van der Waals surface area contributed by atoms with Crippen molar-refractivity contribution in [2.75, 3.05) is 6.54 Å². The molecule has 1 aromatic heterocycles. The number of hydrogen-bond acceptors (Lipinski definition) is 5. The van der Waals surface area contributed by atoms with E-state index in [-0.39, 0.29) is 0 Å². The van der Waals surface area contributed by atoms with E-state index >= 15 is 0 Å². The van der Waals surface area contributed by atoms with Crippen molar-refractivity contribution in [1.82, 2.24) is 9.78 Å². The van der Waals surface area contributed by atoms with Gasteiger partial charge < -0.3 is 15.3 Å². The highest BCUT2D eigenvalue weighted by Gasteiger charge is 1.99. The zero-order valence-electron chi connectivity index (χ0n) is 7.92. The number of nitrogens with zero attached hydrogens (tertiary/aromatic N) is 7. The third-order valence-electron chi connectivity index (χ3n) is 1.19. The van der Waals surface area contributed by atoms with Crippen molar-refractivity contribution in [3.8, 4) is 0 Å². The highest BCUT2D eigenvalue weighted by Crippen LogP contribution is 1.79. The largest absolute Gasteiger partial charge is 0.356 e. The van der Waals surface area contributed by atoms with Gasteiger partial charge in [0, 0.05) is 10.0 Å². The Labute approximate surface area is 84.1 Å². The Morgan fingerprint density at radius 3 is 2.73 bits per heavy atom. The molecule has 0 N–H and O–H groups in total. The quantitative estimate of drug-likeness (QED) is 0.172. The maximum absolute atomic E-state index is 8.25. The van der Waals surface area contributed by atoms with Gasteiger partial charge in [-0.05, 0) is 5.53 Å². The van der Waals surface area contributed by atoms with Crippen molar-refractivity contribution in [3.63, 3.8) is 0 Å². The Hall–Kier alpha value is -2.35. The summed E-state index contributed by atoms with van der Waals surface area (Å²) in [7, 11) is 1.89. The molecule has 0 fully saturated rings. The standard InChI is InChI=1S/C5H9N6.NO3/c1-10-4-8-11(5-10)3-2-7-9-6;2-1(3)4/h4-5H,2-3H2,1H3;/q+1;-1. The first kappa shape index (κ1) is 12.7. The predicted molar refractivity (Wildman–Crippen MR) is 47.8 cm³/mol. The Morgan fingerprint density at radius 2 is 2.33 bits per heavy atom. The SMILES string of the molecule is C[n+]1cnn(CCN=[N+]=[N-])c1.O=[N+]([O-])[O-]. The van der Waals surface area contributed by atoms with Crippen molar-refractivity contribution in [1.29, 1.82) is 0 Å². The second kappa shape index (κ2) is 7.09. The maximum atomic E-state index is 8.25. The third-order valence-corrected chi connectivity index (χ3v) is 1.19. The molecule has 1 rings (SSSR count). The fourth-order valence-corrected chi connectivity index (χ4v) is 0.725. The maximum Gasteiger partial charge on any atom is 0.264 e. The van der Waals surface area contributed by atoms with E-state index < -0.39 is 5.09 Å². The Bertz CT molecular complexity index is 351. The minimum atomic E-state index is -1.75. The monoisotopic (exact) mass is 215 g/mol. The molecule has 0 saturated heterocycles. The number of aryl methyl sites for hydroxylation is 1. The van der Waals surface area contributed by atoms with Crippen LogP contribution in [0.2, 0.25) is 0 Å². The zero-order valence-corrected chi connectivity index (χ0v) is 7.92. The summed E-state index contributed by atoms with van der Waals surface area (Å²) >= 11 is 0. The van der Waals surface area contributed by atoms with Crippen LogP contribution in [0.25, 0.3) is 10.4 Å². The smallest absolute Gasteiger partial charge is 0.264 e. The molecule has 0 saturated carbocycles. The minimum Gasteiger partial charge on any atom is -0.356 e. The third kappa shape index (κ3) is 7.99. The second-order valence-electron chi connectivity index (χ2n) is 2.35. The van der Waals surface area contributed by atoms with Crippen LogP contribution < -0.4 is 4.57 Å². The van der Waals surface area contributed by atoms with E-state index in [1.54, 1.807) is 11.0 Å². The van der Waals surface area contributed by atoms with Crippen molar-refractivity contribution in [3.05, 3.63) is 38.4 Å². The van der Waals surface area contributed by atoms with E-state index in [0.717, 1.165) is 0 Å². The van der Waals surface area contributed by atoms with Gasteiger partial charge in [-0.1, -0.05) is 5.11 Å². The summed E-state index contributed by atoms with van der Waals surface area (Å²) in [5.74, 6) is 0. The highest BCUT2D eigenvalue weighted by atomic mass is 16.9. The second-order valence-corrected chi connectivity index (χ2v) is 2.35. The van der Waals surface area contributed by atoms with E-state index in [1.165, 1.54) is 0 Å². The van der Waals surface area contributed by atoms with Crippen molar-refractivity contribution >= 4 is 0 Å². The average Bonchev–Trinajstić information content (AvgIpc) is 2.51. The fraction of sp³-hybridized carbons (Fsp3) is 0.600. The molecule has 0 spiro atoms. The Balaban J connectivity index is 0.000000423. The molecule has 0 aliphatic heterocycles. The number of azide groups is 1. The molecule has 0 aliphatic rings.